The van der Waals surface area contributed by atoms with E-state index in [0.29, 0.717) is 0 Å². The number of esters is 1. The van der Waals surface area contributed by atoms with Crippen molar-refractivity contribution in [3.05, 3.63) is 27.7 Å². The van der Waals surface area contributed by atoms with Crippen molar-refractivity contribution in [2.24, 2.45) is 5.92 Å². The van der Waals surface area contributed by atoms with Crippen LogP contribution in [0.5, 0.6) is 0 Å². The van der Waals surface area contributed by atoms with E-state index in [2.05, 4.69) is 4.74 Å². The average Bonchev–Trinajstić information content (AvgIpc) is 2.79. The number of carbonyl (C=O) groups excluding carboxylic acids is 2. The number of aldehydes is 1. The number of rotatable bonds is 7. The molecule has 1 rings (SSSR count). The van der Waals surface area contributed by atoms with Gasteiger partial charge in [0.2, 0.25) is 5.76 Å². The smallest absolute Gasteiger partial charge is 0.318 e. The second-order valence-electron chi connectivity index (χ2n) is 3.86. The third kappa shape index (κ3) is 3.64. The van der Waals surface area contributed by atoms with Crippen molar-refractivity contribution in [1.29, 1.82) is 0 Å². The zero-order valence-electron chi connectivity index (χ0n) is 10.4. The van der Waals surface area contributed by atoms with Crippen LogP contribution < -0.4 is 0 Å². The summed E-state index contributed by atoms with van der Waals surface area (Å²) >= 11 is 0. The van der Waals surface area contributed by atoms with Gasteiger partial charge in [0.15, 0.2) is 6.29 Å². The number of ether oxygens (including phenoxy) is 1. The first-order valence-corrected chi connectivity index (χ1v) is 5.41. The highest BCUT2D eigenvalue weighted by Gasteiger charge is 2.27. The molecule has 0 saturated heterocycles. The van der Waals surface area contributed by atoms with Gasteiger partial charge in [-0.15, -0.1) is 0 Å². The molecule has 0 saturated carbocycles. The molecule has 0 spiro atoms. The molecule has 108 valence electrons. The first kappa shape index (κ1) is 15.3. The van der Waals surface area contributed by atoms with Gasteiger partial charge in [-0.25, -0.2) is 0 Å². The van der Waals surface area contributed by atoms with Crippen LogP contribution in [0.1, 0.15) is 22.7 Å². The summed E-state index contributed by atoms with van der Waals surface area (Å²) in [5.41, 5.74) is -0.533. The van der Waals surface area contributed by atoms with Crippen LogP contribution >= 0.6 is 0 Å². The van der Waals surface area contributed by atoms with Crippen LogP contribution in [-0.2, 0) is 20.7 Å². The molecule has 0 amide bonds. The molecule has 1 aromatic heterocycles. The van der Waals surface area contributed by atoms with Crippen molar-refractivity contribution >= 4 is 23.9 Å². The third-order valence-electron chi connectivity index (χ3n) is 2.50. The summed E-state index contributed by atoms with van der Waals surface area (Å²) in [4.78, 5) is 42.5. The Morgan fingerprint density at radius 3 is 2.65 bits per heavy atom. The number of furan rings is 1. The van der Waals surface area contributed by atoms with E-state index in [9.17, 15) is 24.5 Å². The summed E-state index contributed by atoms with van der Waals surface area (Å²) < 4.78 is 9.37. The molecule has 0 fully saturated rings. The van der Waals surface area contributed by atoms with Gasteiger partial charge >= 0.3 is 17.6 Å². The number of aliphatic carboxylic acids is 1. The van der Waals surface area contributed by atoms with E-state index in [1.165, 1.54) is 0 Å². The molecule has 1 aromatic rings. The Hall–Kier alpha value is -2.71. The van der Waals surface area contributed by atoms with Crippen molar-refractivity contribution in [3.8, 4) is 0 Å². The molecule has 9 nitrogen and oxygen atoms in total. The molecule has 1 unspecified atom stereocenters. The molecule has 1 N–H and O–H groups in total. The molecule has 0 aliphatic heterocycles. The Balaban J connectivity index is 2.99. The fraction of sp³-hybridized carbons (Fsp3) is 0.364. The highest BCUT2D eigenvalue weighted by Crippen LogP contribution is 2.25. The lowest BCUT2D eigenvalue weighted by Gasteiger charge is -2.10. The van der Waals surface area contributed by atoms with Crippen LogP contribution in [0, 0.1) is 16.0 Å². The molecule has 1 heterocycles. The summed E-state index contributed by atoms with van der Waals surface area (Å²) in [5, 5.41) is 19.3. The minimum absolute atomic E-state index is 0.0320. The number of hydrogen-bond acceptors (Lipinski definition) is 7. The van der Waals surface area contributed by atoms with Crippen LogP contribution in [0.2, 0.25) is 0 Å². The van der Waals surface area contributed by atoms with Crippen LogP contribution in [0.3, 0.4) is 0 Å². The van der Waals surface area contributed by atoms with E-state index in [1.54, 1.807) is 0 Å². The van der Waals surface area contributed by atoms with Crippen LogP contribution in [0.15, 0.2) is 10.5 Å². The first-order chi connectivity index (χ1) is 9.38. The molecule has 0 radical (unpaired) electrons. The van der Waals surface area contributed by atoms with E-state index in [1.807, 2.05) is 0 Å². The lowest BCUT2D eigenvalue weighted by atomic mass is 10.0. The average molecular weight is 285 g/mol. The second-order valence-corrected chi connectivity index (χ2v) is 3.86. The van der Waals surface area contributed by atoms with Crippen molar-refractivity contribution in [2.45, 2.75) is 12.8 Å². The molecule has 0 aliphatic rings. The number of carboxylic acid groups (broad SMARTS) is 1. The van der Waals surface area contributed by atoms with E-state index >= 15 is 0 Å². The van der Waals surface area contributed by atoms with Gasteiger partial charge < -0.3 is 14.3 Å². The number of nitrogens with zero attached hydrogens (tertiary/aromatic N) is 1. The van der Waals surface area contributed by atoms with Gasteiger partial charge in [0.1, 0.15) is 5.76 Å². The van der Waals surface area contributed by atoms with Gasteiger partial charge in [-0.3, -0.25) is 24.5 Å². The number of carboxylic acids is 1. The summed E-state index contributed by atoms with van der Waals surface area (Å²) in [7, 11) is 1.10. The maximum Gasteiger partial charge on any atom is 0.318 e. The monoisotopic (exact) mass is 285 g/mol. The lowest BCUT2D eigenvalue weighted by molar-refractivity contribution is -0.385. The topological polar surface area (TPSA) is 137 Å². The number of hydrogen-bond donors (Lipinski definition) is 1. The minimum atomic E-state index is -1.22. The fourth-order valence-electron chi connectivity index (χ4n) is 1.63. The van der Waals surface area contributed by atoms with Gasteiger partial charge in [-0.2, -0.15) is 0 Å². The third-order valence-corrected chi connectivity index (χ3v) is 2.50. The molecule has 20 heavy (non-hydrogen) atoms. The highest BCUT2D eigenvalue weighted by atomic mass is 16.6. The van der Waals surface area contributed by atoms with Crippen molar-refractivity contribution in [1.82, 2.24) is 0 Å². The number of methoxy groups -OCH3 is 1. The van der Waals surface area contributed by atoms with Gasteiger partial charge in [-0.05, 0) is 0 Å². The molecule has 9 heteroatoms. The summed E-state index contributed by atoms with van der Waals surface area (Å²) in [5.74, 6) is -3.57. The minimum Gasteiger partial charge on any atom is -0.481 e. The van der Waals surface area contributed by atoms with E-state index < -0.39 is 40.6 Å². The quantitative estimate of drug-likeness (QED) is 0.336. The van der Waals surface area contributed by atoms with E-state index in [4.69, 9.17) is 9.52 Å². The van der Waals surface area contributed by atoms with Gasteiger partial charge in [0.05, 0.1) is 30.4 Å². The molecule has 1 atom stereocenters. The van der Waals surface area contributed by atoms with Crippen molar-refractivity contribution in [3.63, 3.8) is 0 Å². The fourth-order valence-corrected chi connectivity index (χ4v) is 1.63. The lowest BCUT2D eigenvalue weighted by Crippen LogP contribution is -2.21. The zero-order valence-corrected chi connectivity index (χ0v) is 10.4. The van der Waals surface area contributed by atoms with Gasteiger partial charge in [-0.1, -0.05) is 0 Å². The largest absolute Gasteiger partial charge is 0.481 e. The van der Waals surface area contributed by atoms with Gasteiger partial charge in [0, 0.05) is 6.42 Å². The van der Waals surface area contributed by atoms with Crippen LogP contribution in [0.25, 0.3) is 0 Å². The standard InChI is InChI=1S/C11H11NO8/c1-19-11(16)6(3-10(14)15)2-7-4-8(12(17)18)9(5-13)20-7/h4-6H,2-3H2,1H3,(H,14,15). The van der Waals surface area contributed by atoms with E-state index in [0.717, 1.165) is 13.2 Å². The Morgan fingerprint density at radius 2 is 2.25 bits per heavy atom. The van der Waals surface area contributed by atoms with Crippen LogP contribution in [-0.4, -0.2) is 35.4 Å². The zero-order chi connectivity index (χ0) is 15.3. The molecule has 0 aromatic carbocycles. The Labute approximate surface area is 112 Å². The summed E-state index contributed by atoms with van der Waals surface area (Å²) in [6.07, 6.45) is -0.558. The Bertz CT molecular complexity index is 547. The molecular formula is C11H11NO8. The molecule has 0 bridgehead atoms. The second kappa shape index (κ2) is 6.45. The summed E-state index contributed by atoms with van der Waals surface area (Å²) in [6.45, 7) is 0. The first-order valence-electron chi connectivity index (χ1n) is 5.41. The Kier molecular flexibility index (Phi) is 4.95. The van der Waals surface area contributed by atoms with Crippen LogP contribution in [0.4, 0.5) is 5.69 Å². The maximum absolute atomic E-state index is 11.4. The van der Waals surface area contributed by atoms with Crippen molar-refractivity contribution < 1.29 is 33.6 Å². The summed E-state index contributed by atoms with van der Waals surface area (Å²) in [6, 6.07) is 0.988. The number of nitro groups is 1. The normalized spacial score (nSPS) is 11.7. The predicted molar refractivity (Wildman–Crippen MR) is 62.2 cm³/mol. The van der Waals surface area contributed by atoms with Crippen molar-refractivity contribution in [2.75, 3.05) is 7.11 Å². The van der Waals surface area contributed by atoms with Gasteiger partial charge in [0.25, 0.3) is 0 Å². The molecule has 0 aliphatic carbocycles. The maximum atomic E-state index is 11.4. The Morgan fingerprint density at radius 1 is 1.60 bits per heavy atom. The SMILES string of the molecule is COC(=O)C(CC(=O)O)Cc1cc([N+](=O)[O-])c(C=O)o1. The number of carbonyl (C=O) groups is 3. The van der Waals surface area contributed by atoms with E-state index in [-0.39, 0.29) is 18.5 Å². The molecular weight excluding hydrogens is 274 g/mol. The highest BCUT2D eigenvalue weighted by molar-refractivity contribution is 5.80. The predicted octanol–water partition coefficient (Wildman–Crippen LogP) is 0.807.